The number of rotatable bonds is 3. The molecule has 1 aromatic heterocycles. The standard InChI is InChI=1S/C10H14N2O4S/c1-7(13)6-9-11-10(16-12-9)8-2-4-17(14,15)5-3-8/h8H,2-6H2,1H3. The average molecular weight is 258 g/mol. The monoisotopic (exact) mass is 258 g/mol. The van der Waals surface area contributed by atoms with Gasteiger partial charge in [-0.3, -0.25) is 4.79 Å². The zero-order chi connectivity index (χ0) is 12.5. The minimum atomic E-state index is -2.88. The molecule has 0 aromatic carbocycles. The summed E-state index contributed by atoms with van der Waals surface area (Å²) in [5.74, 6) is 1.15. The Bertz CT molecular complexity index is 506. The first kappa shape index (κ1) is 12.2. The molecule has 0 saturated carbocycles. The van der Waals surface area contributed by atoms with Crippen molar-refractivity contribution in [3.05, 3.63) is 11.7 Å². The van der Waals surface area contributed by atoms with Gasteiger partial charge in [0.15, 0.2) is 5.82 Å². The molecule has 1 aromatic rings. The molecule has 1 aliphatic rings. The van der Waals surface area contributed by atoms with Crippen LogP contribution in [0.15, 0.2) is 4.52 Å². The Balaban J connectivity index is 2.04. The highest BCUT2D eigenvalue weighted by Gasteiger charge is 2.28. The van der Waals surface area contributed by atoms with Crippen LogP contribution in [0.5, 0.6) is 0 Å². The number of aromatic nitrogens is 2. The summed E-state index contributed by atoms with van der Waals surface area (Å²) in [6, 6.07) is 0. The fourth-order valence-electron chi connectivity index (χ4n) is 1.86. The molecule has 1 saturated heterocycles. The first-order valence-corrected chi connectivity index (χ1v) is 7.31. The lowest BCUT2D eigenvalue weighted by Crippen LogP contribution is -2.22. The van der Waals surface area contributed by atoms with E-state index < -0.39 is 9.84 Å². The maximum Gasteiger partial charge on any atom is 0.229 e. The van der Waals surface area contributed by atoms with E-state index in [1.54, 1.807) is 0 Å². The summed E-state index contributed by atoms with van der Waals surface area (Å²) in [5.41, 5.74) is 0. The lowest BCUT2D eigenvalue weighted by molar-refractivity contribution is -0.116. The second-order valence-electron chi connectivity index (χ2n) is 4.35. The molecule has 0 spiro atoms. The third kappa shape index (κ3) is 3.12. The molecule has 1 aliphatic heterocycles. The van der Waals surface area contributed by atoms with E-state index >= 15 is 0 Å². The van der Waals surface area contributed by atoms with Crippen LogP contribution in [0, 0.1) is 0 Å². The summed E-state index contributed by atoms with van der Waals surface area (Å²) in [6.45, 7) is 1.46. The molecule has 1 fully saturated rings. The summed E-state index contributed by atoms with van der Waals surface area (Å²) in [7, 11) is -2.88. The molecule has 6 nitrogen and oxygen atoms in total. The summed E-state index contributed by atoms with van der Waals surface area (Å²) in [4.78, 5) is 15.0. The Labute approximate surface area is 99.3 Å². The van der Waals surface area contributed by atoms with Crippen LogP contribution in [0.4, 0.5) is 0 Å². The molecule has 2 rings (SSSR count). The van der Waals surface area contributed by atoms with Crippen LogP contribution < -0.4 is 0 Å². The maximum atomic E-state index is 11.3. The fourth-order valence-corrected chi connectivity index (χ4v) is 3.36. The highest BCUT2D eigenvalue weighted by molar-refractivity contribution is 7.91. The molecular formula is C10H14N2O4S. The Morgan fingerprint density at radius 1 is 1.41 bits per heavy atom. The van der Waals surface area contributed by atoms with E-state index in [4.69, 9.17) is 4.52 Å². The van der Waals surface area contributed by atoms with Gasteiger partial charge in [-0.15, -0.1) is 0 Å². The van der Waals surface area contributed by atoms with Gasteiger partial charge in [0.2, 0.25) is 5.89 Å². The van der Waals surface area contributed by atoms with Crippen LogP contribution in [0.1, 0.15) is 37.4 Å². The Kier molecular flexibility index (Phi) is 3.28. The van der Waals surface area contributed by atoms with Crippen LogP contribution in [0.3, 0.4) is 0 Å². The van der Waals surface area contributed by atoms with Crippen molar-refractivity contribution in [1.82, 2.24) is 10.1 Å². The van der Waals surface area contributed by atoms with Gasteiger partial charge in [0, 0.05) is 5.92 Å². The molecule has 0 unspecified atom stereocenters. The van der Waals surface area contributed by atoms with Crippen molar-refractivity contribution < 1.29 is 17.7 Å². The lowest BCUT2D eigenvalue weighted by Gasteiger charge is -2.17. The summed E-state index contributed by atoms with van der Waals surface area (Å²) in [6.07, 6.45) is 1.20. The van der Waals surface area contributed by atoms with Gasteiger partial charge in [-0.05, 0) is 19.8 Å². The Morgan fingerprint density at radius 2 is 2.06 bits per heavy atom. The SMILES string of the molecule is CC(=O)Cc1noc(C2CCS(=O)(=O)CC2)n1. The van der Waals surface area contributed by atoms with Crippen molar-refractivity contribution in [2.75, 3.05) is 11.5 Å². The molecule has 0 bridgehead atoms. The normalized spacial score (nSPS) is 20.3. The molecule has 7 heteroatoms. The predicted molar refractivity (Wildman–Crippen MR) is 59.3 cm³/mol. The van der Waals surface area contributed by atoms with Crippen LogP contribution in [-0.4, -0.2) is 35.8 Å². The number of carbonyl (C=O) groups excluding carboxylic acids is 1. The van der Waals surface area contributed by atoms with Gasteiger partial charge < -0.3 is 4.52 Å². The molecule has 2 heterocycles. The third-order valence-corrected chi connectivity index (χ3v) is 4.51. The third-order valence-electron chi connectivity index (χ3n) is 2.79. The topological polar surface area (TPSA) is 90.1 Å². The number of carbonyl (C=O) groups is 1. The van der Waals surface area contributed by atoms with Gasteiger partial charge >= 0.3 is 0 Å². The molecule has 17 heavy (non-hydrogen) atoms. The number of Topliss-reactive ketones (excluding diaryl/α,β-unsaturated/α-hetero) is 1. The summed E-state index contributed by atoms with van der Waals surface area (Å²) < 4.78 is 27.6. The van der Waals surface area contributed by atoms with Gasteiger partial charge in [0.25, 0.3) is 0 Å². The number of hydrogen-bond donors (Lipinski definition) is 0. The molecule has 94 valence electrons. The number of sulfone groups is 1. The quantitative estimate of drug-likeness (QED) is 0.783. The van der Waals surface area contributed by atoms with Crippen molar-refractivity contribution in [3.63, 3.8) is 0 Å². The van der Waals surface area contributed by atoms with E-state index in [2.05, 4.69) is 10.1 Å². The summed E-state index contributed by atoms with van der Waals surface area (Å²) in [5, 5.41) is 3.71. The summed E-state index contributed by atoms with van der Waals surface area (Å²) >= 11 is 0. The van der Waals surface area contributed by atoms with Crippen molar-refractivity contribution in [2.45, 2.75) is 32.1 Å². The molecule has 0 amide bonds. The number of nitrogens with zero attached hydrogens (tertiary/aromatic N) is 2. The van der Waals surface area contributed by atoms with E-state index in [0.717, 1.165) is 0 Å². The van der Waals surface area contributed by atoms with Gasteiger partial charge in [0.05, 0.1) is 17.9 Å². The van der Waals surface area contributed by atoms with E-state index in [0.29, 0.717) is 24.6 Å². The van der Waals surface area contributed by atoms with Gasteiger partial charge in [-0.2, -0.15) is 4.98 Å². The van der Waals surface area contributed by atoms with Crippen LogP contribution in [0.2, 0.25) is 0 Å². The van der Waals surface area contributed by atoms with E-state index in [9.17, 15) is 13.2 Å². The highest BCUT2D eigenvalue weighted by Crippen LogP contribution is 2.27. The van der Waals surface area contributed by atoms with Crippen LogP contribution >= 0.6 is 0 Å². The van der Waals surface area contributed by atoms with Crippen molar-refractivity contribution in [1.29, 1.82) is 0 Å². The molecule has 0 radical (unpaired) electrons. The van der Waals surface area contributed by atoms with Gasteiger partial charge in [-0.25, -0.2) is 8.42 Å². The smallest absolute Gasteiger partial charge is 0.229 e. The van der Waals surface area contributed by atoms with Crippen LogP contribution in [-0.2, 0) is 21.1 Å². The second-order valence-corrected chi connectivity index (χ2v) is 6.66. The molecule has 0 aliphatic carbocycles. The Hall–Kier alpha value is -1.24. The van der Waals surface area contributed by atoms with E-state index in [1.807, 2.05) is 0 Å². The molecular weight excluding hydrogens is 244 g/mol. The minimum Gasteiger partial charge on any atom is -0.339 e. The van der Waals surface area contributed by atoms with Crippen molar-refractivity contribution >= 4 is 15.6 Å². The van der Waals surface area contributed by atoms with E-state index in [-0.39, 0.29) is 29.6 Å². The highest BCUT2D eigenvalue weighted by atomic mass is 32.2. The van der Waals surface area contributed by atoms with E-state index in [1.165, 1.54) is 6.92 Å². The Morgan fingerprint density at radius 3 is 2.65 bits per heavy atom. The fraction of sp³-hybridized carbons (Fsp3) is 0.700. The number of hydrogen-bond acceptors (Lipinski definition) is 6. The zero-order valence-electron chi connectivity index (χ0n) is 9.55. The van der Waals surface area contributed by atoms with Crippen molar-refractivity contribution in [2.24, 2.45) is 0 Å². The largest absolute Gasteiger partial charge is 0.339 e. The molecule has 0 N–H and O–H groups in total. The van der Waals surface area contributed by atoms with Gasteiger partial charge in [-0.1, -0.05) is 5.16 Å². The lowest BCUT2D eigenvalue weighted by atomic mass is 10.0. The van der Waals surface area contributed by atoms with Crippen molar-refractivity contribution in [3.8, 4) is 0 Å². The minimum absolute atomic E-state index is 0.00623. The number of ketones is 1. The van der Waals surface area contributed by atoms with Gasteiger partial charge in [0.1, 0.15) is 15.6 Å². The second kappa shape index (κ2) is 4.56. The first-order valence-electron chi connectivity index (χ1n) is 5.48. The zero-order valence-corrected chi connectivity index (χ0v) is 10.4. The first-order chi connectivity index (χ1) is 7.96. The maximum absolute atomic E-state index is 11.3. The average Bonchev–Trinajstić information content (AvgIpc) is 2.65. The molecule has 0 atom stereocenters. The predicted octanol–water partition coefficient (Wildman–Crippen LogP) is 0.493. The van der Waals surface area contributed by atoms with Crippen LogP contribution in [0.25, 0.3) is 0 Å².